The van der Waals surface area contributed by atoms with E-state index in [-0.39, 0.29) is 35.8 Å². The molecule has 7 nitrogen and oxygen atoms in total. The van der Waals surface area contributed by atoms with Gasteiger partial charge in [0.15, 0.2) is 5.82 Å². The molecule has 1 amide bonds. The summed E-state index contributed by atoms with van der Waals surface area (Å²) in [6.07, 6.45) is 0.953. The second-order valence-corrected chi connectivity index (χ2v) is 5.71. The number of hydrogen-bond donors (Lipinski definition) is 2. The number of nitrogens with zero attached hydrogens (tertiary/aromatic N) is 2. The van der Waals surface area contributed by atoms with Gasteiger partial charge in [0.2, 0.25) is 5.91 Å². The van der Waals surface area contributed by atoms with Gasteiger partial charge in [0.25, 0.3) is 5.56 Å². The Bertz CT molecular complexity index is 797. The number of ether oxygens (including phenoxy) is 1. The zero-order valence-corrected chi connectivity index (χ0v) is 14.4. The van der Waals surface area contributed by atoms with E-state index in [9.17, 15) is 14.0 Å². The lowest BCUT2D eigenvalue weighted by Gasteiger charge is -2.05. The molecule has 25 heavy (non-hydrogen) atoms. The summed E-state index contributed by atoms with van der Waals surface area (Å²) in [4.78, 5) is 26.2. The monoisotopic (exact) mass is 368 g/mol. The minimum atomic E-state index is -0.572. The standard InChI is InChI=1S/C16H18ClFN4O3/c1-25-8-2-7-19-14(23)6-5-13-16(24)20-15(22-21-13)11-9-10(17)3-4-12(11)18/h3-4,9H,2,5-8H2,1H3,(H,19,23)(H,20,22,24). The van der Waals surface area contributed by atoms with E-state index in [1.165, 1.54) is 18.2 Å². The quantitative estimate of drug-likeness (QED) is 0.691. The van der Waals surface area contributed by atoms with Gasteiger partial charge in [-0.1, -0.05) is 11.6 Å². The van der Waals surface area contributed by atoms with Crippen LogP contribution in [-0.4, -0.2) is 41.3 Å². The van der Waals surface area contributed by atoms with Crippen LogP contribution < -0.4 is 10.9 Å². The van der Waals surface area contributed by atoms with Crippen LogP contribution in [0.3, 0.4) is 0 Å². The largest absolute Gasteiger partial charge is 0.385 e. The van der Waals surface area contributed by atoms with Crippen LogP contribution in [0.4, 0.5) is 4.39 Å². The molecule has 9 heteroatoms. The zero-order valence-electron chi connectivity index (χ0n) is 13.6. The van der Waals surface area contributed by atoms with Gasteiger partial charge in [0.1, 0.15) is 11.5 Å². The molecular formula is C16H18ClFN4O3. The number of halogens is 2. The highest BCUT2D eigenvalue weighted by molar-refractivity contribution is 6.30. The molecule has 0 unspecified atom stereocenters. The van der Waals surface area contributed by atoms with E-state index in [1.54, 1.807) is 7.11 Å². The molecule has 0 fully saturated rings. The SMILES string of the molecule is COCCCNC(=O)CCc1nnc(-c2cc(Cl)ccc2F)[nH]c1=O. The van der Waals surface area contributed by atoms with E-state index in [0.717, 1.165) is 0 Å². The molecular weight excluding hydrogens is 351 g/mol. The molecule has 0 bridgehead atoms. The number of nitrogens with one attached hydrogen (secondary N) is 2. The number of carbonyl (C=O) groups is 1. The Morgan fingerprint density at radius 1 is 1.40 bits per heavy atom. The Morgan fingerprint density at radius 3 is 2.92 bits per heavy atom. The highest BCUT2D eigenvalue weighted by Crippen LogP contribution is 2.21. The van der Waals surface area contributed by atoms with Crippen LogP contribution in [0.25, 0.3) is 11.4 Å². The summed E-state index contributed by atoms with van der Waals surface area (Å²) in [6, 6.07) is 3.93. The molecule has 0 saturated carbocycles. The van der Waals surface area contributed by atoms with E-state index in [1.807, 2.05) is 0 Å². The van der Waals surface area contributed by atoms with Crippen molar-refractivity contribution < 1.29 is 13.9 Å². The smallest absolute Gasteiger partial charge is 0.273 e. The summed E-state index contributed by atoms with van der Waals surface area (Å²) >= 11 is 5.82. The fourth-order valence-corrected chi connectivity index (χ4v) is 2.26. The summed E-state index contributed by atoms with van der Waals surface area (Å²) in [6.45, 7) is 1.06. The molecule has 0 saturated heterocycles. The molecule has 1 aromatic heterocycles. The Morgan fingerprint density at radius 2 is 2.20 bits per heavy atom. The first-order valence-electron chi connectivity index (χ1n) is 7.68. The number of rotatable bonds is 8. The summed E-state index contributed by atoms with van der Waals surface area (Å²) in [5, 5.41) is 10.7. The van der Waals surface area contributed by atoms with Crippen molar-refractivity contribution in [3.05, 3.63) is 45.1 Å². The third-order valence-electron chi connectivity index (χ3n) is 3.38. The van der Waals surface area contributed by atoms with Crippen molar-refractivity contribution in [3.63, 3.8) is 0 Å². The van der Waals surface area contributed by atoms with Gasteiger partial charge in [0.05, 0.1) is 5.56 Å². The van der Waals surface area contributed by atoms with E-state index in [0.29, 0.717) is 24.6 Å². The van der Waals surface area contributed by atoms with Gasteiger partial charge < -0.3 is 15.0 Å². The number of aromatic amines is 1. The third-order valence-corrected chi connectivity index (χ3v) is 3.62. The van der Waals surface area contributed by atoms with Gasteiger partial charge in [-0.15, -0.1) is 10.2 Å². The van der Waals surface area contributed by atoms with E-state index in [4.69, 9.17) is 16.3 Å². The second-order valence-electron chi connectivity index (χ2n) is 5.27. The maximum absolute atomic E-state index is 13.8. The Labute approximate surface area is 148 Å². The molecule has 0 spiro atoms. The molecule has 0 radical (unpaired) electrons. The van der Waals surface area contributed by atoms with E-state index < -0.39 is 11.4 Å². The number of hydrogen-bond acceptors (Lipinski definition) is 5. The van der Waals surface area contributed by atoms with Crippen LogP contribution in [0.2, 0.25) is 5.02 Å². The van der Waals surface area contributed by atoms with Crippen LogP contribution >= 0.6 is 11.6 Å². The number of benzene rings is 1. The maximum Gasteiger partial charge on any atom is 0.273 e. The molecule has 0 atom stereocenters. The second kappa shape index (κ2) is 9.24. The van der Waals surface area contributed by atoms with Crippen molar-refractivity contribution in [3.8, 4) is 11.4 Å². The van der Waals surface area contributed by atoms with E-state index in [2.05, 4.69) is 20.5 Å². The molecule has 2 aromatic rings. The lowest BCUT2D eigenvalue weighted by molar-refractivity contribution is -0.121. The fourth-order valence-electron chi connectivity index (χ4n) is 2.09. The third kappa shape index (κ3) is 5.61. The first kappa shape index (κ1) is 19.0. The minimum Gasteiger partial charge on any atom is -0.385 e. The minimum absolute atomic E-state index is 0.0160. The summed E-state index contributed by atoms with van der Waals surface area (Å²) < 4.78 is 18.7. The molecule has 134 valence electrons. The number of aromatic nitrogens is 3. The van der Waals surface area contributed by atoms with Crippen molar-refractivity contribution >= 4 is 17.5 Å². The summed E-state index contributed by atoms with van der Waals surface area (Å²) in [7, 11) is 1.59. The number of amides is 1. The fraction of sp³-hybridized carbons (Fsp3) is 0.375. The van der Waals surface area contributed by atoms with Crippen molar-refractivity contribution in [1.29, 1.82) is 0 Å². The highest BCUT2D eigenvalue weighted by Gasteiger charge is 2.12. The van der Waals surface area contributed by atoms with Crippen LogP contribution in [0.1, 0.15) is 18.5 Å². The number of carbonyl (C=O) groups excluding carboxylic acids is 1. The topological polar surface area (TPSA) is 97.0 Å². The van der Waals surface area contributed by atoms with Crippen LogP contribution in [0.5, 0.6) is 0 Å². The van der Waals surface area contributed by atoms with Gasteiger partial charge in [-0.25, -0.2) is 4.39 Å². The molecule has 1 heterocycles. The van der Waals surface area contributed by atoms with Crippen molar-refractivity contribution in [2.24, 2.45) is 0 Å². The van der Waals surface area contributed by atoms with Gasteiger partial charge >= 0.3 is 0 Å². The Balaban J connectivity index is 1.99. The van der Waals surface area contributed by atoms with Crippen LogP contribution in [0.15, 0.2) is 23.0 Å². The summed E-state index contributed by atoms with van der Waals surface area (Å²) in [5.74, 6) is -0.780. The highest BCUT2D eigenvalue weighted by atomic mass is 35.5. The maximum atomic E-state index is 13.8. The van der Waals surface area contributed by atoms with Crippen molar-refractivity contribution in [2.45, 2.75) is 19.3 Å². The average Bonchev–Trinajstić information content (AvgIpc) is 2.59. The first-order chi connectivity index (χ1) is 12.0. The van der Waals surface area contributed by atoms with Gasteiger partial charge in [-0.2, -0.15) is 0 Å². The summed E-state index contributed by atoms with van der Waals surface area (Å²) in [5.41, 5.74) is -0.352. The predicted octanol–water partition coefficient (Wildman–Crippen LogP) is 1.71. The Hall–Kier alpha value is -2.32. The molecule has 2 rings (SSSR count). The number of methoxy groups -OCH3 is 1. The Kier molecular flexibility index (Phi) is 7.03. The van der Waals surface area contributed by atoms with Crippen LogP contribution in [0, 0.1) is 5.82 Å². The van der Waals surface area contributed by atoms with Gasteiger partial charge in [-0.3, -0.25) is 9.59 Å². The average molecular weight is 369 g/mol. The van der Waals surface area contributed by atoms with Crippen molar-refractivity contribution in [2.75, 3.05) is 20.3 Å². The molecule has 1 aromatic carbocycles. The van der Waals surface area contributed by atoms with Gasteiger partial charge in [0, 0.05) is 38.1 Å². The molecule has 0 aliphatic rings. The normalized spacial score (nSPS) is 10.7. The van der Waals surface area contributed by atoms with Gasteiger partial charge in [-0.05, 0) is 24.6 Å². The number of aryl methyl sites for hydroxylation is 1. The predicted molar refractivity (Wildman–Crippen MR) is 90.9 cm³/mol. The molecule has 0 aliphatic carbocycles. The number of H-pyrrole nitrogens is 1. The molecule has 2 N–H and O–H groups in total. The van der Waals surface area contributed by atoms with Crippen LogP contribution in [-0.2, 0) is 16.0 Å². The van der Waals surface area contributed by atoms with Crippen molar-refractivity contribution in [1.82, 2.24) is 20.5 Å². The lowest BCUT2D eigenvalue weighted by atomic mass is 10.2. The molecule has 0 aliphatic heterocycles. The first-order valence-corrected chi connectivity index (χ1v) is 8.06. The van der Waals surface area contributed by atoms with E-state index >= 15 is 0 Å². The zero-order chi connectivity index (χ0) is 18.2. The lowest BCUT2D eigenvalue weighted by Crippen LogP contribution is -2.27.